The van der Waals surface area contributed by atoms with Gasteiger partial charge in [0.15, 0.2) is 16.3 Å². The summed E-state index contributed by atoms with van der Waals surface area (Å²) in [5, 5.41) is 1.97. The number of ether oxygens (including phenoxy) is 3. The van der Waals surface area contributed by atoms with Gasteiger partial charge in [0.2, 0.25) is 0 Å². The number of thiazole rings is 1. The first kappa shape index (κ1) is 24.5. The first-order valence-corrected chi connectivity index (χ1v) is 12.7. The Bertz CT molecular complexity index is 1730. The summed E-state index contributed by atoms with van der Waals surface area (Å²) in [6.07, 6.45) is 1.77. The molecule has 0 unspecified atom stereocenters. The van der Waals surface area contributed by atoms with E-state index in [1.165, 1.54) is 11.3 Å². The fourth-order valence-corrected chi connectivity index (χ4v) is 5.78. The highest BCUT2D eigenvalue weighted by Gasteiger charge is 2.34. The van der Waals surface area contributed by atoms with Gasteiger partial charge in [0.25, 0.3) is 5.56 Å². The number of methoxy groups -OCH3 is 2. The van der Waals surface area contributed by atoms with Crippen molar-refractivity contribution >= 4 is 34.2 Å². The lowest BCUT2D eigenvalue weighted by Gasteiger charge is -2.25. The maximum atomic E-state index is 14.0. The van der Waals surface area contributed by atoms with E-state index in [4.69, 9.17) is 14.2 Å². The predicted molar refractivity (Wildman–Crippen MR) is 144 cm³/mol. The maximum Gasteiger partial charge on any atom is 0.338 e. The van der Waals surface area contributed by atoms with Gasteiger partial charge in [0, 0.05) is 5.56 Å². The zero-order valence-electron chi connectivity index (χ0n) is 21.0. The molecule has 1 aliphatic heterocycles. The zero-order valence-corrected chi connectivity index (χ0v) is 21.8. The molecule has 37 heavy (non-hydrogen) atoms. The number of hydrogen-bond donors (Lipinski definition) is 0. The van der Waals surface area contributed by atoms with Gasteiger partial charge in [-0.05, 0) is 42.3 Å². The molecule has 1 aromatic heterocycles. The number of rotatable bonds is 6. The molecular weight excluding hydrogens is 488 g/mol. The quantitative estimate of drug-likeness (QED) is 0.364. The minimum Gasteiger partial charge on any atom is -0.493 e. The lowest BCUT2D eigenvalue weighted by molar-refractivity contribution is -0.139. The molecule has 0 fully saturated rings. The molecule has 2 heterocycles. The molecule has 1 aliphatic rings. The van der Waals surface area contributed by atoms with E-state index >= 15 is 0 Å². The van der Waals surface area contributed by atoms with Crippen molar-refractivity contribution in [1.29, 1.82) is 0 Å². The molecule has 8 heteroatoms. The predicted octanol–water partition coefficient (Wildman–Crippen LogP) is 3.97. The van der Waals surface area contributed by atoms with Crippen LogP contribution < -0.4 is 24.4 Å². The Labute approximate surface area is 217 Å². The van der Waals surface area contributed by atoms with E-state index in [2.05, 4.69) is 4.99 Å². The first-order chi connectivity index (χ1) is 18.0. The van der Waals surface area contributed by atoms with E-state index in [1.807, 2.05) is 54.6 Å². The molecule has 0 saturated carbocycles. The van der Waals surface area contributed by atoms with Crippen LogP contribution in [0.3, 0.4) is 0 Å². The van der Waals surface area contributed by atoms with Crippen molar-refractivity contribution in [2.45, 2.75) is 19.9 Å². The highest BCUT2D eigenvalue weighted by molar-refractivity contribution is 7.07. The van der Waals surface area contributed by atoms with Gasteiger partial charge >= 0.3 is 5.97 Å². The number of hydrogen-bond acceptors (Lipinski definition) is 7. The second-order valence-corrected chi connectivity index (χ2v) is 9.46. The second kappa shape index (κ2) is 10.1. The van der Waals surface area contributed by atoms with E-state index in [0.717, 1.165) is 16.3 Å². The molecular formula is C29H26N2O5S. The summed E-state index contributed by atoms with van der Waals surface area (Å²) in [6.45, 7) is 3.77. The molecule has 0 amide bonds. The van der Waals surface area contributed by atoms with Crippen molar-refractivity contribution in [3.63, 3.8) is 0 Å². The number of carbonyl (C=O) groups is 1. The number of esters is 1. The standard InChI is InChI=1S/C29H26N2O5S/c1-5-36-28(33)24-17(2)30-29-31(25(24)21-14-8-11-18-10-6-7-13-20(18)21)27(32)23(37-29)16-19-12-9-15-22(34-3)26(19)35-4/h6-16,25H,5H2,1-4H3/b23-16+/t25-/m0/s1. The van der Waals surface area contributed by atoms with E-state index in [9.17, 15) is 9.59 Å². The summed E-state index contributed by atoms with van der Waals surface area (Å²) in [5.41, 5.74) is 2.18. The van der Waals surface area contributed by atoms with Gasteiger partial charge in [-0.3, -0.25) is 9.36 Å². The molecule has 5 rings (SSSR count). The average molecular weight is 515 g/mol. The van der Waals surface area contributed by atoms with Gasteiger partial charge in [-0.2, -0.15) is 0 Å². The summed E-state index contributed by atoms with van der Waals surface area (Å²) in [6, 6.07) is 18.6. The summed E-state index contributed by atoms with van der Waals surface area (Å²) in [4.78, 5) is 32.4. The van der Waals surface area contributed by atoms with E-state index < -0.39 is 12.0 Å². The van der Waals surface area contributed by atoms with Gasteiger partial charge in [-0.25, -0.2) is 9.79 Å². The van der Waals surface area contributed by atoms with Crippen LogP contribution in [0.5, 0.6) is 11.5 Å². The Balaban J connectivity index is 1.80. The third kappa shape index (κ3) is 4.23. The highest BCUT2D eigenvalue weighted by atomic mass is 32.1. The largest absolute Gasteiger partial charge is 0.493 e. The lowest BCUT2D eigenvalue weighted by atomic mass is 9.91. The van der Waals surface area contributed by atoms with Crippen molar-refractivity contribution in [3.8, 4) is 11.5 Å². The van der Waals surface area contributed by atoms with Crippen LogP contribution in [0.15, 0.2) is 81.7 Å². The van der Waals surface area contributed by atoms with Crippen molar-refractivity contribution in [3.05, 3.63) is 103 Å². The Morgan fingerprint density at radius 3 is 2.57 bits per heavy atom. The van der Waals surface area contributed by atoms with Gasteiger partial charge in [-0.1, -0.05) is 65.9 Å². The molecule has 0 aliphatic carbocycles. The fourth-order valence-electron chi connectivity index (χ4n) is 4.74. The molecule has 7 nitrogen and oxygen atoms in total. The van der Waals surface area contributed by atoms with E-state index in [0.29, 0.717) is 37.7 Å². The molecule has 0 N–H and O–H groups in total. The topological polar surface area (TPSA) is 79.1 Å². The van der Waals surface area contributed by atoms with Gasteiger partial charge in [0.1, 0.15) is 0 Å². The monoisotopic (exact) mass is 514 g/mol. The third-order valence-corrected chi connectivity index (χ3v) is 7.34. The zero-order chi connectivity index (χ0) is 26.1. The maximum absolute atomic E-state index is 14.0. The number of fused-ring (bicyclic) bond motifs is 2. The van der Waals surface area contributed by atoms with E-state index in [1.54, 1.807) is 44.8 Å². The van der Waals surface area contributed by atoms with Crippen LogP contribution in [0.2, 0.25) is 0 Å². The van der Waals surface area contributed by atoms with Crippen LogP contribution in [0, 0.1) is 0 Å². The molecule has 0 bridgehead atoms. The van der Waals surface area contributed by atoms with E-state index in [-0.39, 0.29) is 12.2 Å². The number of carbonyl (C=O) groups excluding carboxylic acids is 1. The van der Waals surface area contributed by atoms with Crippen molar-refractivity contribution in [1.82, 2.24) is 4.57 Å². The Morgan fingerprint density at radius 1 is 1.05 bits per heavy atom. The number of nitrogens with zero attached hydrogens (tertiary/aromatic N) is 2. The molecule has 0 saturated heterocycles. The lowest BCUT2D eigenvalue weighted by Crippen LogP contribution is -2.40. The van der Waals surface area contributed by atoms with Crippen molar-refractivity contribution in [2.75, 3.05) is 20.8 Å². The fraction of sp³-hybridized carbons (Fsp3) is 0.207. The number of para-hydroxylation sites is 1. The van der Waals surface area contributed by atoms with Crippen LogP contribution in [-0.2, 0) is 9.53 Å². The molecule has 0 spiro atoms. The van der Waals surface area contributed by atoms with Gasteiger partial charge in [0.05, 0.1) is 42.7 Å². The Hall–Kier alpha value is -4.17. The smallest absolute Gasteiger partial charge is 0.338 e. The Kier molecular flexibility index (Phi) is 6.67. The number of allylic oxidation sites excluding steroid dienone is 1. The number of benzene rings is 3. The summed E-state index contributed by atoms with van der Waals surface area (Å²) in [5.74, 6) is 0.619. The third-order valence-electron chi connectivity index (χ3n) is 6.35. The summed E-state index contributed by atoms with van der Waals surface area (Å²) < 4.78 is 18.5. The SMILES string of the molecule is CCOC(=O)C1=C(C)N=c2s/c(=C/c3cccc(OC)c3OC)c(=O)n2[C@H]1c1cccc2ccccc12. The van der Waals surface area contributed by atoms with Crippen LogP contribution in [-0.4, -0.2) is 31.4 Å². The van der Waals surface area contributed by atoms with Crippen LogP contribution in [0.1, 0.15) is 31.0 Å². The molecule has 3 aromatic carbocycles. The second-order valence-electron chi connectivity index (χ2n) is 8.45. The highest BCUT2D eigenvalue weighted by Crippen LogP contribution is 2.35. The van der Waals surface area contributed by atoms with Crippen LogP contribution in [0.4, 0.5) is 0 Å². The molecule has 4 aromatic rings. The molecule has 0 radical (unpaired) electrons. The minimum atomic E-state index is -0.684. The van der Waals surface area contributed by atoms with Gasteiger partial charge in [-0.15, -0.1) is 0 Å². The summed E-state index contributed by atoms with van der Waals surface area (Å²) >= 11 is 1.27. The normalized spacial score (nSPS) is 15.4. The van der Waals surface area contributed by atoms with Crippen LogP contribution >= 0.6 is 11.3 Å². The van der Waals surface area contributed by atoms with Crippen molar-refractivity contribution < 1.29 is 19.0 Å². The average Bonchev–Trinajstić information content (AvgIpc) is 3.21. The first-order valence-electron chi connectivity index (χ1n) is 11.9. The summed E-state index contributed by atoms with van der Waals surface area (Å²) in [7, 11) is 3.13. The minimum absolute atomic E-state index is 0.220. The van der Waals surface area contributed by atoms with Crippen molar-refractivity contribution in [2.24, 2.45) is 4.99 Å². The van der Waals surface area contributed by atoms with Gasteiger partial charge < -0.3 is 14.2 Å². The molecule has 1 atom stereocenters. The Morgan fingerprint density at radius 2 is 1.81 bits per heavy atom. The van der Waals surface area contributed by atoms with Crippen LogP contribution in [0.25, 0.3) is 16.8 Å². The number of aromatic nitrogens is 1. The molecule has 188 valence electrons.